The number of carbonyl (C=O) groups is 2. The fraction of sp³-hybridized carbons (Fsp3) is 0.182. The molecule has 0 bridgehead atoms. The molecule has 1 aliphatic rings. The van der Waals surface area contributed by atoms with Crippen LogP contribution in [-0.4, -0.2) is 18.5 Å². The number of nitrogens with one attached hydrogen (secondary N) is 1. The van der Waals surface area contributed by atoms with E-state index < -0.39 is 23.6 Å². The van der Waals surface area contributed by atoms with E-state index in [1.54, 1.807) is 44.2 Å². The predicted octanol–water partition coefficient (Wildman–Crippen LogP) is 3.59. The zero-order valence-corrected chi connectivity index (χ0v) is 16.1. The Bertz CT molecular complexity index is 999. The Morgan fingerprint density at radius 3 is 2.41 bits per heavy atom. The van der Waals surface area contributed by atoms with Crippen LogP contribution in [0.3, 0.4) is 0 Å². The van der Waals surface area contributed by atoms with Crippen LogP contribution in [0.2, 0.25) is 0 Å². The fourth-order valence-electron chi connectivity index (χ4n) is 3.22. The first-order chi connectivity index (χ1) is 13.9. The van der Waals surface area contributed by atoms with Gasteiger partial charge in [-0.3, -0.25) is 4.79 Å². The van der Waals surface area contributed by atoms with Gasteiger partial charge in [-0.05, 0) is 32.0 Å². The third-order valence-electron chi connectivity index (χ3n) is 4.47. The predicted molar refractivity (Wildman–Crippen MR) is 106 cm³/mol. The Kier molecular flexibility index (Phi) is 5.97. The van der Waals surface area contributed by atoms with Gasteiger partial charge in [0, 0.05) is 11.3 Å². The zero-order valence-electron chi connectivity index (χ0n) is 16.1. The third kappa shape index (κ3) is 4.13. The summed E-state index contributed by atoms with van der Waals surface area (Å²) in [5.41, 5.74) is 6.60. The highest BCUT2D eigenvalue weighted by Gasteiger charge is 2.40. The second-order valence-electron chi connectivity index (χ2n) is 6.34. The SMILES string of the molecule is CCOC(=O)C1=C(N)OC(C)=C(C(=O)Nc2ccccc2)[C@H]1c1ccccc1F. The molecule has 0 radical (unpaired) electrons. The van der Waals surface area contributed by atoms with Crippen molar-refractivity contribution in [3.8, 4) is 0 Å². The van der Waals surface area contributed by atoms with Crippen molar-refractivity contribution in [3.63, 3.8) is 0 Å². The summed E-state index contributed by atoms with van der Waals surface area (Å²) in [5, 5.41) is 2.75. The highest BCUT2D eigenvalue weighted by Crippen LogP contribution is 2.41. The number of amides is 1. The fourth-order valence-corrected chi connectivity index (χ4v) is 3.22. The number of hydrogen-bond donors (Lipinski definition) is 2. The number of benzene rings is 2. The molecular formula is C22H21FN2O4. The van der Waals surface area contributed by atoms with Crippen LogP contribution in [0, 0.1) is 5.82 Å². The highest BCUT2D eigenvalue weighted by atomic mass is 19.1. The van der Waals surface area contributed by atoms with Gasteiger partial charge in [0.15, 0.2) is 0 Å². The molecule has 2 aromatic carbocycles. The minimum atomic E-state index is -1.08. The van der Waals surface area contributed by atoms with Crippen LogP contribution in [0.15, 0.2) is 77.4 Å². The number of anilines is 1. The standard InChI is InChI=1S/C22H21FN2O4/c1-3-28-22(27)19-18(15-11-7-8-12-16(15)23)17(13(2)29-20(19)24)21(26)25-14-9-5-4-6-10-14/h4-12,18H,3,24H2,1-2H3,(H,25,26)/t18-/m1/s1. The lowest BCUT2D eigenvalue weighted by molar-refractivity contribution is -0.139. The minimum absolute atomic E-state index is 0.0798. The Morgan fingerprint density at radius 1 is 1.10 bits per heavy atom. The lowest BCUT2D eigenvalue weighted by Crippen LogP contribution is -2.32. The van der Waals surface area contributed by atoms with Gasteiger partial charge in [-0.2, -0.15) is 0 Å². The molecule has 0 unspecified atom stereocenters. The Morgan fingerprint density at radius 2 is 1.76 bits per heavy atom. The van der Waals surface area contributed by atoms with Crippen molar-refractivity contribution in [3.05, 3.63) is 88.8 Å². The largest absolute Gasteiger partial charge is 0.462 e. The van der Waals surface area contributed by atoms with E-state index in [9.17, 15) is 14.0 Å². The molecule has 0 aliphatic carbocycles. The van der Waals surface area contributed by atoms with E-state index in [2.05, 4.69) is 5.32 Å². The van der Waals surface area contributed by atoms with Crippen molar-refractivity contribution >= 4 is 17.6 Å². The first-order valence-corrected chi connectivity index (χ1v) is 9.10. The van der Waals surface area contributed by atoms with Crippen LogP contribution in [0.4, 0.5) is 10.1 Å². The number of allylic oxidation sites excluding steroid dienone is 1. The van der Waals surface area contributed by atoms with Crippen molar-refractivity contribution in [1.82, 2.24) is 0 Å². The maximum atomic E-state index is 14.7. The summed E-state index contributed by atoms with van der Waals surface area (Å²) < 4.78 is 25.3. The van der Waals surface area contributed by atoms with Gasteiger partial charge in [0.25, 0.3) is 5.91 Å². The van der Waals surface area contributed by atoms with Crippen LogP contribution in [0.5, 0.6) is 0 Å². The topological polar surface area (TPSA) is 90.7 Å². The van der Waals surface area contributed by atoms with E-state index in [0.717, 1.165) is 0 Å². The number of para-hydroxylation sites is 1. The second-order valence-corrected chi connectivity index (χ2v) is 6.34. The number of ether oxygens (including phenoxy) is 2. The molecule has 7 heteroatoms. The first kappa shape index (κ1) is 20.1. The zero-order chi connectivity index (χ0) is 21.0. The van der Waals surface area contributed by atoms with Crippen molar-refractivity contribution in [2.45, 2.75) is 19.8 Å². The molecule has 6 nitrogen and oxygen atoms in total. The molecule has 29 heavy (non-hydrogen) atoms. The normalized spacial score (nSPS) is 16.3. The van der Waals surface area contributed by atoms with Gasteiger partial charge < -0.3 is 20.5 Å². The van der Waals surface area contributed by atoms with Crippen LogP contribution in [-0.2, 0) is 19.1 Å². The maximum Gasteiger partial charge on any atom is 0.340 e. The average molecular weight is 396 g/mol. The molecule has 1 amide bonds. The number of hydrogen-bond acceptors (Lipinski definition) is 5. The van der Waals surface area contributed by atoms with Gasteiger partial charge in [-0.25, -0.2) is 9.18 Å². The van der Waals surface area contributed by atoms with Crippen molar-refractivity contribution in [2.24, 2.45) is 5.73 Å². The molecule has 2 aromatic rings. The third-order valence-corrected chi connectivity index (χ3v) is 4.47. The van der Waals surface area contributed by atoms with Gasteiger partial charge >= 0.3 is 5.97 Å². The molecule has 0 fully saturated rings. The Labute approximate surface area is 167 Å². The smallest absolute Gasteiger partial charge is 0.340 e. The Hall–Kier alpha value is -3.61. The number of carbonyl (C=O) groups excluding carboxylic acids is 2. The summed E-state index contributed by atoms with van der Waals surface area (Å²) in [5.74, 6) is -2.99. The van der Waals surface area contributed by atoms with Gasteiger partial charge in [-0.15, -0.1) is 0 Å². The average Bonchev–Trinajstić information content (AvgIpc) is 2.68. The van der Waals surface area contributed by atoms with E-state index in [1.807, 2.05) is 6.07 Å². The summed E-state index contributed by atoms with van der Waals surface area (Å²) in [6.45, 7) is 3.27. The molecular weight excluding hydrogens is 375 g/mol. The van der Waals surface area contributed by atoms with Crippen LogP contribution in [0.1, 0.15) is 25.3 Å². The summed E-state index contributed by atoms with van der Waals surface area (Å²) in [6, 6.07) is 14.7. The van der Waals surface area contributed by atoms with Crippen molar-refractivity contribution in [1.29, 1.82) is 0 Å². The molecule has 0 saturated carbocycles. The molecule has 0 spiro atoms. The van der Waals surface area contributed by atoms with Gasteiger partial charge in [0.05, 0.1) is 18.1 Å². The first-order valence-electron chi connectivity index (χ1n) is 9.10. The summed E-state index contributed by atoms with van der Waals surface area (Å²) in [4.78, 5) is 25.7. The summed E-state index contributed by atoms with van der Waals surface area (Å²) >= 11 is 0. The molecule has 1 heterocycles. The highest BCUT2D eigenvalue weighted by molar-refractivity contribution is 6.08. The lowest BCUT2D eigenvalue weighted by Gasteiger charge is -2.29. The van der Waals surface area contributed by atoms with Crippen molar-refractivity contribution < 1.29 is 23.5 Å². The molecule has 1 aliphatic heterocycles. The second kappa shape index (κ2) is 8.60. The van der Waals surface area contributed by atoms with E-state index in [-0.39, 0.29) is 35.0 Å². The number of halogens is 1. The van der Waals surface area contributed by atoms with E-state index in [1.165, 1.54) is 18.2 Å². The molecule has 3 N–H and O–H groups in total. The summed E-state index contributed by atoms with van der Waals surface area (Å²) in [7, 11) is 0. The van der Waals surface area contributed by atoms with E-state index in [0.29, 0.717) is 5.69 Å². The van der Waals surface area contributed by atoms with Crippen molar-refractivity contribution in [2.75, 3.05) is 11.9 Å². The van der Waals surface area contributed by atoms with Crippen LogP contribution in [0.25, 0.3) is 0 Å². The molecule has 0 aromatic heterocycles. The summed E-state index contributed by atoms with van der Waals surface area (Å²) in [6.07, 6.45) is 0. The van der Waals surface area contributed by atoms with E-state index in [4.69, 9.17) is 15.2 Å². The number of rotatable bonds is 5. The molecule has 150 valence electrons. The monoisotopic (exact) mass is 396 g/mol. The van der Waals surface area contributed by atoms with Crippen LogP contribution < -0.4 is 11.1 Å². The quantitative estimate of drug-likeness (QED) is 0.754. The number of nitrogens with two attached hydrogens (primary N) is 1. The van der Waals surface area contributed by atoms with E-state index >= 15 is 0 Å². The maximum absolute atomic E-state index is 14.7. The van der Waals surface area contributed by atoms with Crippen LogP contribution >= 0.6 is 0 Å². The molecule has 3 rings (SSSR count). The molecule has 0 saturated heterocycles. The lowest BCUT2D eigenvalue weighted by atomic mass is 9.81. The van der Waals surface area contributed by atoms with Gasteiger partial charge in [0.1, 0.15) is 17.1 Å². The molecule has 1 atom stereocenters. The number of esters is 1. The van der Waals surface area contributed by atoms with Gasteiger partial charge in [0.2, 0.25) is 5.88 Å². The van der Waals surface area contributed by atoms with Gasteiger partial charge in [-0.1, -0.05) is 36.4 Å². The minimum Gasteiger partial charge on any atom is -0.462 e. The Balaban J connectivity index is 2.11.